The highest BCUT2D eigenvalue weighted by molar-refractivity contribution is 6.38. The van der Waals surface area contributed by atoms with Gasteiger partial charge in [-0.1, -0.05) is 23.2 Å². The molecule has 0 aliphatic rings. The number of nitrogens with two attached hydrogens (primary N) is 1. The molecular weight excluding hydrogens is 215 g/mol. The third kappa shape index (κ3) is 2.51. The Morgan fingerprint density at radius 3 is 2.46 bits per heavy atom. The highest BCUT2D eigenvalue weighted by atomic mass is 35.5. The van der Waals surface area contributed by atoms with E-state index in [-0.39, 0.29) is 22.5 Å². The number of amides is 1. The summed E-state index contributed by atoms with van der Waals surface area (Å²) in [5.74, 6) is -0.404. The van der Waals surface area contributed by atoms with Gasteiger partial charge in [0.2, 0.25) is 5.91 Å². The van der Waals surface area contributed by atoms with Crippen LogP contribution in [0, 0.1) is 0 Å². The second-order valence-corrected chi connectivity index (χ2v) is 2.80. The van der Waals surface area contributed by atoms with Gasteiger partial charge in [0.15, 0.2) is 10.3 Å². The number of halogens is 2. The largest absolute Gasteiger partial charge is 0.322 e. The van der Waals surface area contributed by atoms with E-state index in [1.165, 1.54) is 6.33 Å². The third-order valence-electron chi connectivity index (χ3n) is 1.20. The maximum absolute atomic E-state index is 10.9. The molecule has 0 aromatic carbocycles. The Labute approximate surface area is 84.3 Å². The first-order valence-electron chi connectivity index (χ1n) is 3.31. The van der Waals surface area contributed by atoms with Crippen molar-refractivity contribution in [2.75, 3.05) is 11.9 Å². The number of aromatic nitrogens is 2. The molecule has 0 saturated heterocycles. The number of nitrogens with one attached hydrogen (secondary N) is 1. The molecule has 7 heteroatoms. The maximum atomic E-state index is 10.9. The first-order chi connectivity index (χ1) is 6.15. The second kappa shape index (κ2) is 4.36. The van der Waals surface area contributed by atoms with E-state index in [4.69, 9.17) is 28.9 Å². The molecule has 5 nitrogen and oxygen atoms in total. The molecule has 1 heterocycles. The molecule has 0 aliphatic heterocycles. The number of hydrogen-bond acceptors (Lipinski definition) is 4. The zero-order valence-electron chi connectivity index (χ0n) is 6.42. The number of hydrogen-bond donors (Lipinski definition) is 2. The van der Waals surface area contributed by atoms with Gasteiger partial charge >= 0.3 is 0 Å². The van der Waals surface area contributed by atoms with Gasteiger partial charge in [-0.05, 0) is 0 Å². The van der Waals surface area contributed by atoms with Crippen LogP contribution in [0.25, 0.3) is 0 Å². The minimum atomic E-state index is -0.404. The molecule has 1 aromatic heterocycles. The van der Waals surface area contributed by atoms with Gasteiger partial charge in [-0.25, -0.2) is 9.97 Å². The average Bonchev–Trinajstić information content (AvgIpc) is 2.11. The van der Waals surface area contributed by atoms with E-state index in [1.54, 1.807) is 0 Å². The molecule has 0 spiro atoms. The predicted octanol–water partition coefficient (Wildman–Crippen LogP) is 0.681. The van der Waals surface area contributed by atoms with E-state index >= 15 is 0 Å². The standard InChI is InChI=1S/C6H6Cl2N4O/c7-5-4(12-3(13)1-9)6(8)11-2-10-5/h2H,1,9H2,(H,12,13). The summed E-state index contributed by atoms with van der Waals surface area (Å²) >= 11 is 11.3. The molecule has 0 atom stereocenters. The number of carbonyl (C=O) groups excluding carboxylic acids is 1. The Kier molecular flexibility index (Phi) is 3.41. The molecule has 13 heavy (non-hydrogen) atoms. The molecule has 1 aromatic rings. The van der Waals surface area contributed by atoms with Crippen LogP contribution in [0.1, 0.15) is 0 Å². The lowest BCUT2D eigenvalue weighted by molar-refractivity contribution is -0.114. The average molecular weight is 221 g/mol. The first kappa shape index (κ1) is 10.2. The van der Waals surface area contributed by atoms with Gasteiger partial charge in [-0.15, -0.1) is 0 Å². The lowest BCUT2D eigenvalue weighted by Gasteiger charge is -2.05. The van der Waals surface area contributed by atoms with Crippen LogP contribution >= 0.6 is 23.2 Å². The van der Waals surface area contributed by atoms with Gasteiger partial charge in [-0.2, -0.15) is 0 Å². The third-order valence-corrected chi connectivity index (χ3v) is 1.78. The van der Waals surface area contributed by atoms with E-state index < -0.39 is 5.91 Å². The highest BCUT2D eigenvalue weighted by Gasteiger charge is 2.09. The van der Waals surface area contributed by atoms with Crippen molar-refractivity contribution >= 4 is 34.8 Å². The van der Waals surface area contributed by atoms with Crippen molar-refractivity contribution in [2.24, 2.45) is 5.73 Å². The van der Waals surface area contributed by atoms with E-state index in [1.807, 2.05) is 0 Å². The predicted molar refractivity (Wildman–Crippen MR) is 49.7 cm³/mol. The number of carbonyl (C=O) groups is 1. The fourth-order valence-corrected chi connectivity index (χ4v) is 1.05. The van der Waals surface area contributed by atoms with Gasteiger partial charge in [-0.3, -0.25) is 4.79 Å². The Morgan fingerprint density at radius 1 is 1.46 bits per heavy atom. The second-order valence-electron chi connectivity index (χ2n) is 2.08. The molecule has 0 saturated carbocycles. The molecular formula is C6H6Cl2N4O. The molecule has 0 unspecified atom stereocenters. The van der Waals surface area contributed by atoms with Crippen molar-refractivity contribution in [1.82, 2.24) is 9.97 Å². The summed E-state index contributed by atoms with van der Waals surface area (Å²) in [6.45, 7) is -0.151. The topological polar surface area (TPSA) is 80.9 Å². The smallest absolute Gasteiger partial charge is 0.238 e. The molecule has 1 amide bonds. The van der Waals surface area contributed by atoms with Crippen molar-refractivity contribution in [3.63, 3.8) is 0 Å². The van der Waals surface area contributed by atoms with E-state index in [0.717, 1.165) is 0 Å². The van der Waals surface area contributed by atoms with Gasteiger partial charge in [0, 0.05) is 0 Å². The van der Waals surface area contributed by atoms with Crippen molar-refractivity contribution in [3.05, 3.63) is 16.6 Å². The quantitative estimate of drug-likeness (QED) is 0.719. The van der Waals surface area contributed by atoms with Crippen LogP contribution in [-0.4, -0.2) is 22.4 Å². The number of rotatable bonds is 2. The summed E-state index contributed by atoms with van der Waals surface area (Å²) in [7, 11) is 0. The summed E-state index contributed by atoms with van der Waals surface area (Å²) in [5.41, 5.74) is 5.26. The fraction of sp³-hybridized carbons (Fsp3) is 0.167. The summed E-state index contributed by atoms with van der Waals surface area (Å²) in [6, 6.07) is 0. The van der Waals surface area contributed by atoms with Gasteiger partial charge < -0.3 is 11.1 Å². The molecule has 70 valence electrons. The summed E-state index contributed by atoms with van der Waals surface area (Å²) in [4.78, 5) is 18.2. The van der Waals surface area contributed by atoms with Crippen LogP contribution in [0.3, 0.4) is 0 Å². The number of nitrogens with zero attached hydrogens (tertiary/aromatic N) is 2. The molecule has 1 rings (SSSR count). The maximum Gasteiger partial charge on any atom is 0.238 e. The van der Waals surface area contributed by atoms with Crippen molar-refractivity contribution in [2.45, 2.75) is 0 Å². The van der Waals surface area contributed by atoms with Crippen LogP contribution < -0.4 is 11.1 Å². The van der Waals surface area contributed by atoms with Gasteiger partial charge in [0.1, 0.15) is 12.0 Å². The van der Waals surface area contributed by atoms with Crippen LogP contribution in [0.2, 0.25) is 10.3 Å². The van der Waals surface area contributed by atoms with Gasteiger partial charge in [0.05, 0.1) is 6.54 Å². The lowest BCUT2D eigenvalue weighted by atomic mass is 10.5. The Morgan fingerprint density at radius 2 is 2.00 bits per heavy atom. The lowest BCUT2D eigenvalue weighted by Crippen LogP contribution is -2.22. The zero-order chi connectivity index (χ0) is 9.84. The van der Waals surface area contributed by atoms with Crippen molar-refractivity contribution in [3.8, 4) is 0 Å². The van der Waals surface area contributed by atoms with Crippen molar-refractivity contribution < 1.29 is 4.79 Å². The minimum absolute atomic E-state index is 0.0850. The van der Waals surface area contributed by atoms with Gasteiger partial charge in [0.25, 0.3) is 0 Å². The van der Waals surface area contributed by atoms with Crippen LogP contribution in [-0.2, 0) is 4.79 Å². The van der Waals surface area contributed by atoms with Crippen LogP contribution in [0.4, 0.5) is 5.69 Å². The Hall–Kier alpha value is -0.910. The number of anilines is 1. The van der Waals surface area contributed by atoms with Crippen molar-refractivity contribution in [1.29, 1.82) is 0 Å². The van der Waals surface area contributed by atoms with Crippen LogP contribution in [0.5, 0.6) is 0 Å². The summed E-state index contributed by atoms with van der Waals surface area (Å²) < 4.78 is 0. The molecule has 3 N–H and O–H groups in total. The monoisotopic (exact) mass is 220 g/mol. The molecule has 0 aliphatic carbocycles. The molecule has 0 radical (unpaired) electrons. The summed E-state index contributed by atoms with van der Waals surface area (Å²) in [6.07, 6.45) is 1.20. The van der Waals surface area contributed by atoms with E-state index in [0.29, 0.717) is 0 Å². The Bertz CT molecular complexity index is 310. The highest BCUT2D eigenvalue weighted by Crippen LogP contribution is 2.25. The first-order valence-corrected chi connectivity index (χ1v) is 4.06. The Balaban J connectivity index is 2.93. The van der Waals surface area contributed by atoms with E-state index in [9.17, 15) is 4.79 Å². The molecule has 0 bridgehead atoms. The summed E-state index contributed by atoms with van der Waals surface area (Å²) in [5, 5.41) is 2.55. The normalized spacial score (nSPS) is 9.77. The molecule has 0 fully saturated rings. The minimum Gasteiger partial charge on any atom is -0.322 e. The zero-order valence-corrected chi connectivity index (χ0v) is 7.93. The van der Waals surface area contributed by atoms with Crippen LogP contribution in [0.15, 0.2) is 6.33 Å². The van der Waals surface area contributed by atoms with E-state index in [2.05, 4.69) is 15.3 Å². The fourth-order valence-electron chi connectivity index (χ4n) is 0.638. The SMILES string of the molecule is NCC(=O)Nc1c(Cl)ncnc1Cl.